The fourth-order valence-electron chi connectivity index (χ4n) is 2.50. The molecule has 0 spiro atoms. The number of nitrogens with zero attached hydrogens (tertiary/aromatic N) is 1. The van der Waals surface area contributed by atoms with Crippen molar-refractivity contribution >= 4 is 45.8 Å². The number of amides is 1. The van der Waals surface area contributed by atoms with Crippen LogP contribution < -0.4 is 11.1 Å². The molecule has 3 rings (SSSR count). The van der Waals surface area contributed by atoms with Crippen molar-refractivity contribution in [2.24, 2.45) is 4.99 Å². The zero-order chi connectivity index (χ0) is 18.8. The molecular weight excluding hydrogens is 350 g/mol. The molecule has 0 aliphatic carbocycles. The minimum atomic E-state index is -1.02. The molecule has 1 aliphatic rings. The molecule has 2 aromatic carbocycles. The van der Waals surface area contributed by atoms with Crippen molar-refractivity contribution in [2.45, 2.75) is 13.8 Å². The van der Waals surface area contributed by atoms with Crippen LogP contribution in [0.3, 0.4) is 0 Å². The number of aryl methyl sites for hydroxylation is 1. The van der Waals surface area contributed by atoms with Gasteiger partial charge in [0, 0.05) is 5.69 Å². The fourth-order valence-corrected chi connectivity index (χ4v) is 3.39. The summed E-state index contributed by atoms with van der Waals surface area (Å²) in [7, 11) is 0. The van der Waals surface area contributed by atoms with E-state index in [1.54, 1.807) is 12.1 Å². The number of carboxylic acid groups (broad SMARTS) is 1. The number of aliphatic imine (C=N–C) groups is 1. The third-order valence-corrected chi connectivity index (χ3v) is 5.05. The molecule has 7 heteroatoms. The zero-order valence-electron chi connectivity index (χ0n) is 14.2. The maximum atomic E-state index is 12.3. The molecule has 0 bridgehead atoms. The summed E-state index contributed by atoms with van der Waals surface area (Å²) in [6.45, 7) is 3.69. The Kier molecular flexibility index (Phi) is 4.81. The quantitative estimate of drug-likeness (QED) is 0.568. The van der Waals surface area contributed by atoms with Gasteiger partial charge in [0.2, 0.25) is 0 Å². The maximum absolute atomic E-state index is 12.3. The van der Waals surface area contributed by atoms with Crippen LogP contribution in [0.5, 0.6) is 0 Å². The van der Waals surface area contributed by atoms with E-state index in [0.717, 1.165) is 16.7 Å². The average molecular weight is 367 g/mol. The topological polar surface area (TPSA) is 105 Å². The summed E-state index contributed by atoms with van der Waals surface area (Å²) in [6, 6.07) is 12.0. The van der Waals surface area contributed by atoms with Gasteiger partial charge < -0.3 is 16.2 Å². The largest absolute Gasteiger partial charge is 0.478 e. The highest BCUT2D eigenvalue weighted by Gasteiger charge is 2.26. The van der Waals surface area contributed by atoms with Crippen molar-refractivity contribution in [1.82, 2.24) is 5.32 Å². The highest BCUT2D eigenvalue weighted by molar-refractivity contribution is 8.18. The Morgan fingerprint density at radius 3 is 2.65 bits per heavy atom. The van der Waals surface area contributed by atoms with Crippen molar-refractivity contribution in [3.05, 3.63) is 64.1 Å². The first kappa shape index (κ1) is 17.8. The fraction of sp³-hybridized carbons (Fsp3) is 0.105. The molecular formula is C19H17N3O3S. The zero-order valence-corrected chi connectivity index (χ0v) is 15.1. The number of anilines is 1. The van der Waals surface area contributed by atoms with Crippen molar-refractivity contribution in [2.75, 3.05) is 5.73 Å². The Hall–Kier alpha value is -3.06. The molecule has 1 fully saturated rings. The molecule has 26 heavy (non-hydrogen) atoms. The van der Waals surface area contributed by atoms with Gasteiger partial charge in [-0.25, -0.2) is 9.79 Å². The average Bonchev–Trinajstić information content (AvgIpc) is 2.96. The Labute approximate surface area is 154 Å². The SMILES string of the molecule is C/C(=C1/SC(=Nc2cc(C(=O)O)ccc2C)NC1=O)c1cccc(N)c1. The molecule has 0 radical (unpaired) electrons. The van der Waals surface area contributed by atoms with Crippen molar-refractivity contribution in [1.29, 1.82) is 0 Å². The standard InChI is InChI=1S/C19H17N3O3S/c1-10-6-7-13(18(24)25)9-15(10)21-19-22-17(23)16(26-19)11(2)12-4-3-5-14(20)8-12/h3-9H,20H2,1-2H3,(H,24,25)(H,21,22,23)/b16-11-. The molecule has 2 aromatic rings. The number of allylic oxidation sites excluding steroid dienone is 1. The smallest absolute Gasteiger partial charge is 0.335 e. The van der Waals surface area contributed by atoms with Crippen LogP contribution in [-0.2, 0) is 4.79 Å². The van der Waals surface area contributed by atoms with Crippen LogP contribution in [-0.4, -0.2) is 22.2 Å². The van der Waals surface area contributed by atoms with Gasteiger partial charge in [-0.2, -0.15) is 0 Å². The lowest BCUT2D eigenvalue weighted by Crippen LogP contribution is -2.19. The first-order valence-corrected chi connectivity index (χ1v) is 8.65. The number of aromatic carboxylic acids is 1. The number of rotatable bonds is 3. The number of carbonyl (C=O) groups is 2. The van der Waals surface area contributed by atoms with E-state index in [1.807, 2.05) is 32.0 Å². The second-order valence-electron chi connectivity index (χ2n) is 5.86. The Bertz CT molecular complexity index is 980. The summed E-state index contributed by atoms with van der Waals surface area (Å²) in [5, 5.41) is 12.3. The minimum Gasteiger partial charge on any atom is -0.478 e. The number of nitrogens with one attached hydrogen (secondary N) is 1. The van der Waals surface area contributed by atoms with Gasteiger partial charge in [-0.15, -0.1) is 0 Å². The van der Waals surface area contributed by atoms with Crippen molar-refractivity contribution in [3.8, 4) is 0 Å². The van der Waals surface area contributed by atoms with Crippen LogP contribution in [0, 0.1) is 6.92 Å². The van der Waals surface area contributed by atoms with Gasteiger partial charge >= 0.3 is 5.97 Å². The summed E-state index contributed by atoms with van der Waals surface area (Å²) in [5.41, 5.74) is 9.59. The number of carbonyl (C=O) groups excluding carboxylic acids is 1. The molecule has 6 nitrogen and oxygen atoms in total. The van der Waals surface area contributed by atoms with Crippen LogP contribution in [0.4, 0.5) is 11.4 Å². The summed E-state index contributed by atoms with van der Waals surface area (Å²) in [6.07, 6.45) is 0. The Balaban J connectivity index is 1.95. The summed E-state index contributed by atoms with van der Waals surface area (Å²) in [4.78, 5) is 28.4. The number of nitrogen functional groups attached to an aromatic ring is 1. The van der Waals surface area contributed by atoms with Crippen LogP contribution in [0.25, 0.3) is 5.57 Å². The Morgan fingerprint density at radius 2 is 1.96 bits per heavy atom. The lowest BCUT2D eigenvalue weighted by Gasteiger charge is -2.05. The third kappa shape index (κ3) is 3.62. The monoisotopic (exact) mass is 367 g/mol. The van der Waals surface area contributed by atoms with E-state index in [-0.39, 0.29) is 11.5 Å². The minimum absolute atomic E-state index is 0.149. The number of carboxylic acids is 1. The number of hydrogen-bond acceptors (Lipinski definition) is 5. The molecule has 1 saturated heterocycles. The first-order valence-electron chi connectivity index (χ1n) is 7.84. The lowest BCUT2D eigenvalue weighted by atomic mass is 10.1. The second-order valence-corrected chi connectivity index (χ2v) is 6.86. The third-order valence-electron chi connectivity index (χ3n) is 3.96. The molecule has 132 valence electrons. The molecule has 0 saturated carbocycles. The van der Waals surface area contributed by atoms with Gasteiger partial charge in [0.15, 0.2) is 5.17 Å². The number of benzene rings is 2. The molecule has 4 N–H and O–H groups in total. The van der Waals surface area contributed by atoms with E-state index in [0.29, 0.717) is 21.4 Å². The molecule has 0 aromatic heterocycles. The van der Waals surface area contributed by atoms with Crippen LogP contribution in [0.2, 0.25) is 0 Å². The van der Waals surface area contributed by atoms with Crippen LogP contribution in [0.1, 0.15) is 28.4 Å². The Morgan fingerprint density at radius 1 is 1.19 bits per heavy atom. The van der Waals surface area contributed by atoms with Crippen LogP contribution >= 0.6 is 11.8 Å². The maximum Gasteiger partial charge on any atom is 0.335 e. The first-order chi connectivity index (χ1) is 12.3. The highest BCUT2D eigenvalue weighted by Crippen LogP contribution is 2.33. The number of hydrogen-bond donors (Lipinski definition) is 3. The van der Waals surface area contributed by atoms with Crippen molar-refractivity contribution in [3.63, 3.8) is 0 Å². The van der Waals surface area contributed by atoms with Gasteiger partial charge in [-0.1, -0.05) is 18.2 Å². The number of amidine groups is 1. The second kappa shape index (κ2) is 7.05. The van der Waals surface area contributed by atoms with Crippen molar-refractivity contribution < 1.29 is 14.7 Å². The van der Waals surface area contributed by atoms with E-state index in [2.05, 4.69) is 10.3 Å². The van der Waals surface area contributed by atoms with E-state index >= 15 is 0 Å². The molecule has 0 unspecified atom stereocenters. The van der Waals surface area contributed by atoms with Gasteiger partial charge in [0.1, 0.15) is 0 Å². The molecule has 1 aliphatic heterocycles. The van der Waals surface area contributed by atoms with E-state index < -0.39 is 5.97 Å². The molecule has 1 amide bonds. The summed E-state index contributed by atoms with van der Waals surface area (Å²) >= 11 is 1.23. The van der Waals surface area contributed by atoms with E-state index in [4.69, 9.17) is 10.8 Å². The van der Waals surface area contributed by atoms with Crippen LogP contribution in [0.15, 0.2) is 52.4 Å². The van der Waals surface area contributed by atoms with E-state index in [1.165, 1.54) is 23.9 Å². The molecule has 1 heterocycles. The predicted molar refractivity (Wildman–Crippen MR) is 104 cm³/mol. The summed E-state index contributed by atoms with van der Waals surface area (Å²) in [5.74, 6) is -1.26. The van der Waals surface area contributed by atoms with E-state index in [9.17, 15) is 9.59 Å². The van der Waals surface area contributed by atoms with Gasteiger partial charge in [-0.3, -0.25) is 4.79 Å². The van der Waals surface area contributed by atoms with Gasteiger partial charge in [-0.05, 0) is 66.6 Å². The predicted octanol–water partition coefficient (Wildman–Crippen LogP) is 3.56. The number of thioether (sulfide) groups is 1. The lowest BCUT2D eigenvalue weighted by molar-refractivity contribution is -0.115. The highest BCUT2D eigenvalue weighted by atomic mass is 32.2. The summed E-state index contributed by atoms with van der Waals surface area (Å²) < 4.78 is 0. The normalized spacial score (nSPS) is 17.3. The van der Waals surface area contributed by atoms with Gasteiger partial charge in [0.25, 0.3) is 5.91 Å². The molecule has 0 atom stereocenters. The number of nitrogens with two attached hydrogens (primary N) is 1. The van der Waals surface area contributed by atoms with Gasteiger partial charge in [0.05, 0.1) is 16.2 Å².